The summed E-state index contributed by atoms with van der Waals surface area (Å²) in [4.78, 5) is 9.62. The zero-order chi connectivity index (χ0) is 48.2. The third-order valence-electron chi connectivity index (χ3n) is 11.4. The van der Waals surface area contributed by atoms with Crippen molar-refractivity contribution in [1.82, 2.24) is 0 Å². The minimum absolute atomic E-state index is 0. The molecule has 6 aromatic rings. The number of hydrogen-bond acceptors (Lipinski definition) is 4. The Balaban J connectivity index is 0.000000255. The first kappa shape index (κ1) is 59.0. The van der Waals surface area contributed by atoms with Gasteiger partial charge in [0.15, 0.2) is 0 Å². The number of halogens is 4. The molecule has 68 heavy (non-hydrogen) atoms. The van der Waals surface area contributed by atoms with Gasteiger partial charge in [-0.3, -0.25) is 0 Å². The predicted octanol–water partition coefficient (Wildman–Crippen LogP) is 16.4. The molecule has 0 amide bonds. The van der Waals surface area contributed by atoms with Crippen LogP contribution >= 0.6 is 38.8 Å². The number of nitrogens with zero attached hydrogens (tertiary/aromatic N) is 4. The van der Waals surface area contributed by atoms with Crippen LogP contribution in [0.5, 0.6) is 0 Å². The Morgan fingerprint density at radius 1 is 0.353 bits per heavy atom. The molecule has 2 aliphatic rings. The Morgan fingerprint density at radius 2 is 0.544 bits per heavy atom. The molecule has 0 bridgehead atoms. The van der Waals surface area contributed by atoms with E-state index in [1.807, 2.05) is 69.9 Å². The van der Waals surface area contributed by atoms with E-state index < -0.39 is 27.0 Å². The van der Waals surface area contributed by atoms with Crippen LogP contribution in [0.1, 0.15) is 77.9 Å². The molecule has 0 N–H and O–H groups in total. The molecule has 0 aromatic heterocycles. The molecule has 0 unspecified atom stereocenters. The molecule has 372 valence electrons. The fourth-order valence-electron chi connectivity index (χ4n) is 9.40. The summed E-state index contributed by atoms with van der Waals surface area (Å²) in [6, 6.07) is 38.0. The Labute approximate surface area is 438 Å². The van der Waals surface area contributed by atoms with Crippen molar-refractivity contribution in [3.63, 3.8) is 0 Å². The van der Waals surface area contributed by atoms with E-state index in [0.29, 0.717) is 0 Å². The summed E-state index contributed by atoms with van der Waals surface area (Å²) >= 11 is -3.23. The zero-order valence-corrected chi connectivity index (χ0v) is 49.0. The molecule has 2 aliphatic heterocycles. The molecule has 0 saturated carbocycles. The summed E-state index contributed by atoms with van der Waals surface area (Å²) in [7, 11) is 22.7. The Kier molecular flexibility index (Phi) is 24.2. The molecule has 8 rings (SSSR count). The van der Waals surface area contributed by atoms with Gasteiger partial charge in [-0.2, -0.15) is 13.3 Å². The minimum atomic E-state index is -1.61. The van der Waals surface area contributed by atoms with Crippen LogP contribution in [0.25, 0.3) is 0 Å². The van der Waals surface area contributed by atoms with Gasteiger partial charge in [0, 0.05) is 48.9 Å². The number of aryl methyl sites for hydroxylation is 12. The Bertz CT molecular complexity index is 2240. The summed E-state index contributed by atoms with van der Waals surface area (Å²) in [6.45, 7) is 35.1. The predicted molar refractivity (Wildman–Crippen MR) is 300 cm³/mol. The molecule has 10 heteroatoms. The average Bonchev–Trinajstić information content (AvgIpc) is 3.88. The van der Waals surface area contributed by atoms with E-state index in [0.717, 1.165) is 37.3 Å². The molecule has 2 saturated heterocycles. The fraction of sp³-hybridized carbons (Fsp3) is 0.276. The molecule has 2 fully saturated rings. The van der Waals surface area contributed by atoms with Crippen molar-refractivity contribution in [2.45, 2.75) is 83.1 Å². The summed E-state index contributed by atoms with van der Waals surface area (Å²) in [5, 5.41) is 0. The summed E-state index contributed by atoms with van der Waals surface area (Å²) in [5.74, 6) is 0. The van der Waals surface area contributed by atoms with Crippen molar-refractivity contribution in [2.75, 3.05) is 45.8 Å². The fourth-order valence-corrected chi connectivity index (χ4v) is 13.1. The van der Waals surface area contributed by atoms with E-state index in [-0.39, 0.29) is 14.9 Å². The summed E-state index contributed by atoms with van der Waals surface area (Å²) in [5.41, 5.74) is 23.9. The standard InChI is InChI=1S/2C21H27N2.2C7H6.2CH3.4ClH.2Ru/c2*1-14-9-16(3)20(17(4)10-14)22-7-8-23(13-22)21-18(5)11-15(2)12-19(21)6;2*1-7-5-3-2-4-6-7;;;;;;;;/h2*9-13H,7-8H2,1-6H3;2*1-6H;2*1H3;4*1H;;/q2*-1;;;2*-1;;;;;2*+2/p-4. The first-order valence-electron chi connectivity index (χ1n) is 22.2. The molecule has 0 spiro atoms. The number of hydrogen-bond donors (Lipinski definition) is 0. The second-order valence-electron chi connectivity index (χ2n) is 17.4. The van der Waals surface area contributed by atoms with Gasteiger partial charge in [0.2, 0.25) is 0 Å². The van der Waals surface area contributed by atoms with Gasteiger partial charge in [0.05, 0.1) is 0 Å². The second-order valence-corrected chi connectivity index (χ2v) is 28.9. The zero-order valence-electron chi connectivity index (χ0n) is 42.5. The Hall–Kier alpha value is -3.33. The van der Waals surface area contributed by atoms with E-state index in [4.69, 9.17) is 38.8 Å². The molecule has 6 aromatic carbocycles. The second kappa shape index (κ2) is 27.9. The van der Waals surface area contributed by atoms with Gasteiger partial charge in [-0.25, -0.2) is 0 Å². The third-order valence-corrected chi connectivity index (χ3v) is 15.1. The van der Waals surface area contributed by atoms with Crippen LogP contribution in [-0.4, -0.2) is 35.4 Å². The van der Waals surface area contributed by atoms with Crippen LogP contribution in [0.15, 0.2) is 109 Å². The molecule has 0 radical (unpaired) electrons. The van der Waals surface area contributed by atoms with Crippen LogP contribution in [0.3, 0.4) is 0 Å². The maximum atomic E-state index is 5.67. The molecular weight excluding hydrogens is 1100 g/mol. The number of benzene rings is 6. The molecule has 0 aliphatic carbocycles. The molecule has 0 atom stereocenters. The third kappa shape index (κ3) is 16.9. The van der Waals surface area contributed by atoms with Crippen LogP contribution in [0.4, 0.5) is 22.7 Å². The maximum absolute atomic E-state index is 5.67. The first-order chi connectivity index (χ1) is 31.3. The van der Waals surface area contributed by atoms with E-state index in [1.165, 1.54) is 89.5 Å². The van der Waals surface area contributed by atoms with Crippen LogP contribution < -0.4 is 19.6 Å². The van der Waals surface area contributed by atoms with E-state index in [9.17, 15) is 0 Å². The van der Waals surface area contributed by atoms with Gasteiger partial charge in [0.25, 0.3) is 0 Å². The quantitative estimate of drug-likeness (QED) is 0.122. The van der Waals surface area contributed by atoms with Crippen molar-refractivity contribution in [1.29, 1.82) is 0 Å². The van der Waals surface area contributed by atoms with Gasteiger partial charge in [-0.05, 0) is 128 Å². The van der Waals surface area contributed by atoms with Crippen LogP contribution in [-0.2, 0) is 27.0 Å². The van der Waals surface area contributed by atoms with Gasteiger partial charge in [0.1, 0.15) is 0 Å². The van der Waals surface area contributed by atoms with Gasteiger partial charge < -0.3 is 34.5 Å². The van der Waals surface area contributed by atoms with Gasteiger partial charge in [-0.1, -0.05) is 70.8 Å². The van der Waals surface area contributed by atoms with E-state index in [1.54, 1.807) is 0 Å². The van der Waals surface area contributed by atoms with E-state index in [2.05, 4.69) is 165 Å². The monoisotopic (exact) mass is 1170 g/mol. The van der Waals surface area contributed by atoms with Crippen molar-refractivity contribution < 1.29 is 27.0 Å². The molecule has 4 nitrogen and oxygen atoms in total. The van der Waals surface area contributed by atoms with E-state index >= 15 is 0 Å². The number of rotatable bonds is 6. The van der Waals surface area contributed by atoms with Crippen molar-refractivity contribution in [3.8, 4) is 0 Å². The van der Waals surface area contributed by atoms with Gasteiger partial charge >= 0.3 is 147 Å². The SMILES string of the molecule is Cc1cc(C)c(N2[CH-]N(c3c(C)cc(C)cc3C)CC2)c(C)c1.Cc1cc(C)c(N2[CH-]N(c3c(C)cc(C)cc3C)CC2)c(C)c1.[CH3-].[CH3-].[Cl][Ru]([Cl])=[CH]c1ccccc1.[Cl][Ru]([Cl])=[CH]c1ccccc1. The van der Waals surface area contributed by atoms with Crippen molar-refractivity contribution in [2.24, 2.45) is 0 Å². The number of anilines is 4. The van der Waals surface area contributed by atoms with Crippen LogP contribution in [0, 0.1) is 111 Å². The van der Waals surface area contributed by atoms with Gasteiger partial charge in [-0.15, -0.1) is 0 Å². The first-order valence-corrected chi connectivity index (χ1v) is 33.1. The summed E-state index contributed by atoms with van der Waals surface area (Å²) in [6.07, 6.45) is 0. The average molecular weight is 1170 g/mol. The topological polar surface area (TPSA) is 13.0 Å². The normalized spacial score (nSPS) is 13.1. The Morgan fingerprint density at radius 3 is 0.721 bits per heavy atom. The molecular formula is C58H72Cl4N4Ru2-4. The van der Waals surface area contributed by atoms with Crippen LogP contribution in [0.2, 0.25) is 0 Å². The van der Waals surface area contributed by atoms with Crippen molar-refractivity contribution in [3.05, 3.63) is 215 Å². The molecule has 2 heterocycles. The van der Waals surface area contributed by atoms with Crippen molar-refractivity contribution >= 4 is 70.7 Å². The summed E-state index contributed by atoms with van der Waals surface area (Å²) < 4.78 is 3.85.